The third kappa shape index (κ3) is 2.11. The average molecular weight is 291 g/mol. The number of hydrogen-bond donors (Lipinski definition) is 2. The molecule has 2 atom stereocenters. The van der Waals surface area contributed by atoms with Gasteiger partial charge in [0.1, 0.15) is 15.2 Å². The Morgan fingerprint density at radius 1 is 1.80 bits per heavy atom. The molecular weight excluding hydrogens is 276 g/mol. The summed E-state index contributed by atoms with van der Waals surface area (Å²) in [7, 11) is 0. The van der Waals surface area contributed by atoms with Crippen molar-refractivity contribution in [3.63, 3.8) is 0 Å². The smallest absolute Gasteiger partial charge is 0.126 e. The molecule has 5 heteroatoms. The number of aliphatic hydroxyl groups is 1. The van der Waals surface area contributed by atoms with E-state index in [-0.39, 0.29) is 5.92 Å². The minimum absolute atomic E-state index is 0.268. The second-order valence-corrected chi connectivity index (χ2v) is 5.63. The fourth-order valence-electron chi connectivity index (χ4n) is 2.14. The van der Waals surface area contributed by atoms with Gasteiger partial charge in [0.05, 0.1) is 0 Å². The van der Waals surface area contributed by atoms with Gasteiger partial charge in [0, 0.05) is 17.8 Å². The number of piperidine rings is 1. The SMILES string of the molecule is CCC1CNCCC1(O)c1nc(Br)cs1. The second kappa shape index (κ2) is 4.49. The van der Waals surface area contributed by atoms with Crippen molar-refractivity contribution >= 4 is 27.3 Å². The van der Waals surface area contributed by atoms with Gasteiger partial charge in [-0.15, -0.1) is 11.3 Å². The Kier molecular flexibility index (Phi) is 3.45. The van der Waals surface area contributed by atoms with E-state index in [9.17, 15) is 5.11 Å². The molecule has 0 saturated carbocycles. The Balaban J connectivity index is 2.29. The molecule has 0 spiro atoms. The Hall–Kier alpha value is 0.0300. The molecule has 2 unspecified atom stereocenters. The molecule has 2 rings (SSSR count). The van der Waals surface area contributed by atoms with Gasteiger partial charge in [0.15, 0.2) is 0 Å². The first kappa shape index (κ1) is 11.5. The van der Waals surface area contributed by atoms with Crippen molar-refractivity contribution in [2.45, 2.75) is 25.4 Å². The molecule has 0 amide bonds. The zero-order valence-electron chi connectivity index (χ0n) is 8.66. The topological polar surface area (TPSA) is 45.1 Å². The van der Waals surface area contributed by atoms with Gasteiger partial charge in [0.2, 0.25) is 0 Å². The first-order valence-electron chi connectivity index (χ1n) is 5.21. The number of nitrogens with zero attached hydrogens (tertiary/aromatic N) is 1. The summed E-state index contributed by atoms with van der Waals surface area (Å²) in [6.07, 6.45) is 1.73. The lowest BCUT2D eigenvalue weighted by Gasteiger charge is -2.38. The highest BCUT2D eigenvalue weighted by atomic mass is 79.9. The molecule has 3 nitrogen and oxygen atoms in total. The summed E-state index contributed by atoms with van der Waals surface area (Å²) in [6, 6.07) is 0. The molecule has 0 aromatic carbocycles. The summed E-state index contributed by atoms with van der Waals surface area (Å²) in [5, 5.41) is 16.8. The maximum atomic E-state index is 10.7. The zero-order chi connectivity index (χ0) is 10.9. The molecule has 1 aromatic rings. The van der Waals surface area contributed by atoms with Crippen LogP contribution in [0.25, 0.3) is 0 Å². The Bertz CT molecular complexity index is 344. The summed E-state index contributed by atoms with van der Waals surface area (Å²) in [4.78, 5) is 4.36. The number of rotatable bonds is 2. The van der Waals surface area contributed by atoms with E-state index in [1.165, 1.54) is 11.3 Å². The lowest BCUT2D eigenvalue weighted by molar-refractivity contribution is -0.0480. The molecule has 1 saturated heterocycles. The first-order valence-corrected chi connectivity index (χ1v) is 6.88. The largest absolute Gasteiger partial charge is 0.382 e. The van der Waals surface area contributed by atoms with Crippen molar-refractivity contribution in [1.82, 2.24) is 10.3 Å². The molecular formula is C10H15BrN2OS. The van der Waals surface area contributed by atoms with Crippen LogP contribution < -0.4 is 5.32 Å². The van der Waals surface area contributed by atoms with Crippen molar-refractivity contribution < 1.29 is 5.11 Å². The molecule has 0 aliphatic carbocycles. The lowest BCUT2D eigenvalue weighted by Crippen LogP contribution is -2.47. The highest BCUT2D eigenvalue weighted by Gasteiger charge is 2.41. The van der Waals surface area contributed by atoms with Gasteiger partial charge in [-0.25, -0.2) is 4.98 Å². The molecule has 84 valence electrons. The van der Waals surface area contributed by atoms with E-state index in [1.54, 1.807) is 0 Å². The summed E-state index contributed by atoms with van der Waals surface area (Å²) < 4.78 is 0.823. The van der Waals surface area contributed by atoms with Crippen LogP contribution in [0.3, 0.4) is 0 Å². The van der Waals surface area contributed by atoms with Gasteiger partial charge in [0.25, 0.3) is 0 Å². The highest BCUT2D eigenvalue weighted by Crippen LogP contribution is 2.38. The van der Waals surface area contributed by atoms with Crippen molar-refractivity contribution in [2.24, 2.45) is 5.92 Å². The second-order valence-electron chi connectivity index (χ2n) is 3.96. The predicted molar refractivity (Wildman–Crippen MR) is 65.0 cm³/mol. The number of halogens is 1. The molecule has 0 radical (unpaired) electrons. The van der Waals surface area contributed by atoms with E-state index in [4.69, 9.17) is 0 Å². The Morgan fingerprint density at radius 3 is 3.20 bits per heavy atom. The van der Waals surface area contributed by atoms with E-state index in [0.717, 1.165) is 35.5 Å². The van der Waals surface area contributed by atoms with E-state index in [2.05, 4.69) is 33.2 Å². The first-order chi connectivity index (χ1) is 7.16. The molecule has 1 aromatic heterocycles. The quantitative estimate of drug-likeness (QED) is 0.877. The van der Waals surface area contributed by atoms with Crippen molar-refractivity contribution in [3.8, 4) is 0 Å². The molecule has 1 aliphatic heterocycles. The maximum Gasteiger partial charge on any atom is 0.126 e. The lowest BCUT2D eigenvalue weighted by atomic mass is 9.80. The van der Waals surface area contributed by atoms with Crippen LogP contribution in [0.1, 0.15) is 24.8 Å². The number of hydrogen-bond acceptors (Lipinski definition) is 4. The third-order valence-corrected chi connectivity index (χ3v) is 4.81. The summed E-state index contributed by atoms with van der Waals surface area (Å²) in [5.74, 6) is 0.268. The predicted octanol–water partition coefficient (Wildman–Crippen LogP) is 2.11. The fraction of sp³-hybridized carbons (Fsp3) is 0.700. The summed E-state index contributed by atoms with van der Waals surface area (Å²) >= 11 is 4.88. The van der Waals surface area contributed by atoms with Gasteiger partial charge < -0.3 is 10.4 Å². The van der Waals surface area contributed by atoms with Gasteiger partial charge in [-0.3, -0.25) is 0 Å². The van der Waals surface area contributed by atoms with Crippen LogP contribution in [0.2, 0.25) is 0 Å². The molecule has 0 bridgehead atoms. The Labute approximate surface area is 102 Å². The normalized spacial score (nSPS) is 31.8. The zero-order valence-corrected chi connectivity index (χ0v) is 11.1. The third-order valence-electron chi connectivity index (χ3n) is 3.09. The van der Waals surface area contributed by atoms with Crippen LogP contribution in [0.15, 0.2) is 9.98 Å². The van der Waals surface area contributed by atoms with Crippen LogP contribution >= 0.6 is 27.3 Å². The van der Waals surface area contributed by atoms with Crippen molar-refractivity contribution in [1.29, 1.82) is 0 Å². The minimum atomic E-state index is -0.726. The highest BCUT2D eigenvalue weighted by molar-refractivity contribution is 9.10. The van der Waals surface area contributed by atoms with E-state index in [0.29, 0.717) is 0 Å². The van der Waals surface area contributed by atoms with Crippen molar-refractivity contribution in [2.75, 3.05) is 13.1 Å². The van der Waals surface area contributed by atoms with Crippen molar-refractivity contribution in [3.05, 3.63) is 15.0 Å². The van der Waals surface area contributed by atoms with E-state index < -0.39 is 5.60 Å². The minimum Gasteiger partial charge on any atom is -0.382 e. The number of nitrogens with one attached hydrogen (secondary N) is 1. The van der Waals surface area contributed by atoms with Crippen LogP contribution in [-0.4, -0.2) is 23.2 Å². The number of aromatic nitrogens is 1. The molecule has 2 heterocycles. The fourth-order valence-corrected chi connectivity index (χ4v) is 3.61. The van der Waals surface area contributed by atoms with Gasteiger partial charge in [-0.1, -0.05) is 6.92 Å². The summed E-state index contributed by atoms with van der Waals surface area (Å²) in [6.45, 7) is 3.86. The molecule has 1 aliphatic rings. The van der Waals surface area contributed by atoms with Gasteiger partial charge in [-0.2, -0.15) is 0 Å². The van der Waals surface area contributed by atoms with Gasteiger partial charge in [-0.05, 0) is 35.3 Å². The standard InChI is InChI=1S/C10H15BrN2OS/c1-2-7-5-12-4-3-10(7,14)9-13-8(11)6-15-9/h6-7,12,14H,2-5H2,1H3. The van der Waals surface area contributed by atoms with E-state index in [1.807, 2.05) is 5.38 Å². The monoisotopic (exact) mass is 290 g/mol. The van der Waals surface area contributed by atoms with Gasteiger partial charge >= 0.3 is 0 Å². The number of thiazole rings is 1. The average Bonchev–Trinajstić information content (AvgIpc) is 2.66. The maximum absolute atomic E-state index is 10.7. The molecule has 15 heavy (non-hydrogen) atoms. The van der Waals surface area contributed by atoms with Crippen LogP contribution in [0.4, 0.5) is 0 Å². The van der Waals surface area contributed by atoms with E-state index >= 15 is 0 Å². The molecule has 1 fully saturated rings. The summed E-state index contributed by atoms with van der Waals surface area (Å²) in [5.41, 5.74) is -0.726. The van der Waals surface area contributed by atoms with Crippen LogP contribution in [0, 0.1) is 5.92 Å². The molecule has 2 N–H and O–H groups in total. The Morgan fingerprint density at radius 2 is 2.60 bits per heavy atom. The van der Waals surface area contributed by atoms with Crippen LogP contribution in [-0.2, 0) is 5.60 Å². The van der Waals surface area contributed by atoms with Crippen LogP contribution in [0.5, 0.6) is 0 Å².